The van der Waals surface area contributed by atoms with Gasteiger partial charge in [0.2, 0.25) is 0 Å². The molecule has 0 amide bonds. The van der Waals surface area contributed by atoms with Crippen LogP contribution in [0.4, 0.5) is 5.82 Å². The van der Waals surface area contributed by atoms with Crippen molar-refractivity contribution in [2.75, 3.05) is 5.32 Å². The quantitative estimate of drug-likeness (QED) is 0.815. The van der Waals surface area contributed by atoms with Crippen LogP contribution in [0, 0.1) is 5.92 Å². The minimum atomic E-state index is 0.638. The lowest BCUT2D eigenvalue weighted by molar-refractivity contribution is 0.327. The highest BCUT2D eigenvalue weighted by molar-refractivity contribution is 5.34. The molecule has 0 radical (unpaired) electrons. The maximum Gasteiger partial charge on any atom is 0.126 e. The molecule has 0 saturated heterocycles. The van der Waals surface area contributed by atoms with Crippen molar-refractivity contribution in [2.24, 2.45) is 5.92 Å². The van der Waals surface area contributed by atoms with Crippen LogP contribution in [0.5, 0.6) is 0 Å². The van der Waals surface area contributed by atoms with E-state index in [2.05, 4.69) is 23.3 Å². The third kappa shape index (κ3) is 2.95. The Labute approximate surface area is 92.1 Å². The lowest BCUT2D eigenvalue weighted by atomic mass is 9.84. The number of aromatic nitrogens is 1. The number of pyridine rings is 1. The second kappa shape index (κ2) is 5.15. The molecule has 1 aromatic rings. The first-order chi connectivity index (χ1) is 7.38. The Kier molecular flexibility index (Phi) is 3.59. The number of nitrogens with zero attached hydrogens (tertiary/aromatic N) is 1. The molecule has 2 unspecified atom stereocenters. The summed E-state index contributed by atoms with van der Waals surface area (Å²) < 4.78 is 0. The highest BCUT2D eigenvalue weighted by atomic mass is 15.0. The van der Waals surface area contributed by atoms with E-state index in [9.17, 15) is 0 Å². The summed E-state index contributed by atoms with van der Waals surface area (Å²) in [5, 5.41) is 3.53. The second-order valence-electron chi connectivity index (χ2n) is 4.50. The summed E-state index contributed by atoms with van der Waals surface area (Å²) in [6.45, 7) is 2.30. The van der Waals surface area contributed by atoms with Crippen LogP contribution in [0.15, 0.2) is 24.4 Å². The van der Waals surface area contributed by atoms with Crippen LogP contribution in [0.3, 0.4) is 0 Å². The van der Waals surface area contributed by atoms with E-state index in [1.165, 1.54) is 32.1 Å². The van der Waals surface area contributed by atoms with Gasteiger partial charge in [0.1, 0.15) is 5.82 Å². The van der Waals surface area contributed by atoms with Crippen LogP contribution < -0.4 is 5.32 Å². The molecule has 0 aromatic carbocycles. The summed E-state index contributed by atoms with van der Waals surface area (Å²) in [5.41, 5.74) is 0. The summed E-state index contributed by atoms with van der Waals surface area (Å²) in [6.07, 6.45) is 8.56. The highest BCUT2D eigenvalue weighted by Gasteiger charge is 2.20. The van der Waals surface area contributed by atoms with Crippen molar-refractivity contribution in [1.82, 2.24) is 4.98 Å². The van der Waals surface area contributed by atoms with Gasteiger partial charge in [-0.25, -0.2) is 4.98 Å². The Morgan fingerprint density at radius 1 is 1.40 bits per heavy atom. The Morgan fingerprint density at radius 3 is 3.07 bits per heavy atom. The molecule has 2 rings (SSSR count). The predicted octanol–water partition coefficient (Wildman–Crippen LogP) is 3.46. The third-order valence-electron chi connectivity index (χ3n) is 3.38. The van der Waals surface area contributed by atoms with Crippen LogP contribution >= 0.6 is 0 Å². The molecule has 1 aliphatic rings. The second-order valence-corrected chi connectivity index (χ2v) is 4.50. The molecular formula is C13H20N2. The molecule has 1 N–H and O–H groups in total. The summed E-state index contributed by atoms with van der Waals surface area (Å²) in [6, 6.07) is 6.69. The summed E-state index contributed by atoms with van der Waals surface area (Å²) in [4.78, 5) is 4.31. The first-order valence-corrected chi connectivity index (χ1v) is 6.06. The third-order valence-corrected chi connectivity index (χ3v) is 3.38. The molecule has 2 heteroatoms. The first kappa shape index (κ1) is 10.5. The maximum absolute atomic E-state index is 4.31. The van der Waals surface area contributed by atoms with Crippen LogP contribution in [0.1, 0.15) is 39.0 Å². The fraction of sp³-hybridized carbons (Fsp3) is 0.615. The Balaban J connectivity index is 1.89. The van der Waals surface area contributed by atoms with E-state index in [1.807, 2.05) is 18.3 Å². The molecule has 0 aliphatic heterocycles. The van der Waals surface area contributed by atoms with Crippen molar-refractivity contribution in [1.29, 1.82) is 0 Å². The van der Waals surface area contributed by atoms with Gasteiger partial charge in [-0.15, -0.1) is 0 Å². The Hall–Kier alpha value is -1.05. The zero-order valence-electron chi connectivity index (χ0n) is 9.45. The molecule has 15 heavy (non-hydrogen) atoms. The highest BCUT2D eigenvalue weighted by Crippen LogP contribution is 2.28. The van der Waals surface area contributed by atoms with Gasteiger partial charge in [0.05, 0.1) is 0 Å². The number of hydrogen-bond acceptors (Lipinski definition) is 2. The topological polar surface area (TPSA) is 24.9 Å². The van der Waals surface area contributed by atoms with Gasteiger partial charge in [-0.1, -0.05) is 32.3 Å². The number of hydrogen-bond donors (Lipinski definition) is 1. The molecule has 2 atom stereocenters. The van der Waals surface area contributed by atoms with E-state index < -0.39 is 0 Å². The molecule has 1 aromatic heterocycles. The van der Waals surface area contributed by atoms with Gasteiger partial charge in [-0.3, -0.25) is 0 Å². The number of nitrogens with one attached hydrogen (secondary N) is 1. The smallest absolute Gasteiger partial charge is 0.126 e. The van der Waals surface area contributed by atoms with E-state index in [-0.39, 0.29) is 0 Å². The van der Waals surface area contributed by atoms with Gasteiger partial charge in [0.15, 0.2) is 0 Å². The average molecular weight is 204 g/mol. The minimum absolute atomic E-state index is 0.638. The van der Waals surface area contributed by atoms with E-state index in [0.29, 0.717) is 6.04 Å². The SMILES string of the molecule is CCC1CCCC(Nc2ccccn2)C1. The molecule has 1 aliphatic carbocycles. The molecule has 82 valence electrons. The zero-order chi connectivity index (χ0) is 10.5. The van der Waals surface area contributed by atoms with Gasteiger partial charge in [-0.05, 0) is 30.9 Å². The molecule has 1 heterocycles. The lowest BCUT2D eigenvalue weighted by Crippen LogP contribution is -2.27. The van der Waals surface area contributed by atoms with E-state index in [0.717, 1.165) is 11.7 Å². The van der Waals surface area contributed by atoms with Gasteiger partial charge in [-0.2, -0.15) is 0 Å². The number of anilines is 1. The van der Waals surface area contributed by atoms with Crippen molar-refractivity contribution in [3.63, 3.8) is 0 Å². The van der Waals surface area contributed by atoms with Gasteiger partial charge >= 0.3 is 0 Å². The summed E-state index contributed by atoms with van der Waals surface area (Å²) >= 11 is 0. The van der Waals surface area contributed by atoms with Crippen molar-refractivity contribution < 1.29 is 0 Å². The Morgan fingerprint density at radius 2 is 2.33 bits per heavy atom. The summed E-state index contributed by atoms with van der Waals surface area (Å²) in [5.74, 6) is 1.94. The van der Waals surface area contributed by atoms with Crippen LogP contribution in [0.2, 0.25) is 0 Å². The molecule has 1 fully saturated rings. The van der Waals surface area contributed by atoms with E-state index in [1.54, 1.807) is 0 Å². The zero-order valence-corrected chi connectivity index (χ0v) is 9.45. The van der Waals surface area contributed by atoms with E-state index >= 15 is 0 Å². The fourth-order valence-electron chi connectivity index (χ4n) is 2.45. The standard InChI is InChI=1S/C13H20N2/c1-2-11-6-5-7-12(10-11)15-13-8-3-4-9-14-13/h3-4,8-9,11-12H,2,5-7,10H2,1H3,(H,14,15). The number of rotatable bonds is 3. The molecule has 1 saturated carbocycles. The van der Waals surface area contributed by atoms with Crippen molar-refractivity contribution in [3.8, 4) is 0 Å². The van der Waals surface area contributed by atoms with Crippen LogP contribution in [-0.4, -0.2) is 11.0 Å². The van der Waals surface area contributed by atoms with Crippen molar-refractivity contribution in [3.05, 3.63) is 24.4 Å². The van der Waals surface area contributed by atoms with Gasteiger partial charge < -0.3 is 5.32 Å². The van der Waals surface area contributed by atoms with Crippen LogP contribution in [-0.2, 0) is 0 Å². The molecular weight excluding hydrogens is 184 g/mol. The Bertz CT molecular complexity index is 284. The largest absolute Gasteiger partial charge is 0.367 e. The summed E-state index contributed by atoms with van der Waals surface area (Å²) in [7, 11) is 0. The molecule has 0 bridgehead atoms. The monoisotopic (exact) mass is 204 g/mol. The molecule has 0 spiro atoms. The van der Waals surface area contributed by atoms with Crippen LogP contribution in [0.25, 0.3) is 0 Å². The van der Waals surface area contributed by atoms with Gasteiger partial charge in [0, 0.05) is 12.2 Å². The lowest BCUT2D eigenvalue weighted by Gasteiger charge is -2.29. The van der Waals surface area contributed by atoms with E-state index in [4.69, 9.17) is 0 Å². The fourth-order valence-corrected chi connectivity index (χ4v) is 2.45. The maximum atomic E-state index is 4.31. The predicted molar refractivity (Wildman–Crippen MR) is 63.9 cm³/mol. The van der Waals surface area contributed by atoms with Crippen molar-refractivity contribution in [2.45, 2.75) is 45.1 Å². The minimum Gasteiger partial charge on any atom is -0.367 e. The van der Waals surface area contributed by atoms with Crippen molar-refractivity contribution >= 4 is 5.82 Å². The first-order valence-electron chi connectivity index (χ1n) is 6.06. The molecule has 2 nitrogen and oxygen atoms in total. The van der Waals surface area contributed by atoms with Gasteiger partial charge in [0.25, 0.3) is 0 Å². The average Bonchev–Trinajstić information content (AvgIpc) is 2.31. The normalized spacial score (nSPS) is 26.2.